The quantitative estimate of drug-likeness (QED) is 0.0585. The Kier molecular flexibility index (Phi) is 25.8. The monoisotopic (exact) mass is 1380 g/mol. The summed E-state index contributed by atoms with van der Waals surface area (Å²) < 4.78 is 28.9. The van der Waals surface area contributed by atoms with E-state index in [4.69, 9.17) is 35.2 Å². The average Bonchev–Trinajstić information content (AvgIpc) is 1.74. The van der Waals surface area contributed by atoms with Crippen LogP contribution in [-0.4, -0.2) is 317 Å². The number of benzene rings is 2. The predicted molar refractivity (Wildman–Crippen MR) is 328 cm³/mol. The Bertz CT molecular complexity index is 3100. The molecule has 4 saturated heterocycles. The van der Waals surface area contributed by atoms with E-state index in [0.717, 1.165) is 4.90 Å². The highest BCUT2D eigenvalue weighted by Crippen LogP contribution is 2.33. The number of aliphatic hydroxyl groups is 13. The second-order valence-electron chi connectivity index (χ2n) is 24.8. The van der Waals surface area contributed by atoms with Crippen LogP contribution < -0.4 is 58.7 Å². The minimum atomic E-state index is -2.35. The van der Waals surface area contributed by atoms with Gasteiger partial charge in [0.05, 0.1) is 64.2 Å². The van der Waals surface area contributed by atoms with Crippen LogP contribution in [0.5, 0.6) is 5.75 Å². The molecule has 2 aromatic rings. The van der Waals surface area contributed by atoms with E-state index in [0.29, 0.717) is 5.56 Å². The molecule has 0 radical (unpaired) electrons. The van der Waals surface area contributed by atoms with Crippen LogP contribution in [0.25, 0.3) is 0 Å². The Labute approximate surface area is 553 Å². The summed E-state index contributed by atoms with van der Waals surface area (Å²) in [6, 6.07) is -0.503. The third-order valence-electron chi connectivity index (χ3n) is 17.5. The Morgan fingerprint density at radius 3 is 1.86 bits per heavy atom. The molecule has 0 aliphatic carbocycles. The van der Waals surface area contributed by atoms with Gasteiger partial charge in [-0.2, -0.15) is 0 Å². The lowest BCUT2D eigenvalue weighted by molar-refractivity contribution is -0.344. The molecule has 0 unspecified atom stereocenters. The first-order valence-electron chi connectivity index (χ1n) is 31.3. The molecule has 4 fully saturated rings. The average molecular weight is 1380 g/mol. The fourth-order valence-corrected chi connectivity index (χ4v) is 12.0. The van der Waals surface area contributed by atoms with Gasteiger partial charge in [0, 0.05) is 18.8 Å². The van der Waals surface area contributed by atoms with Crippen molar-refractivity contribution < 1.29 is 124 Å². The van der Waals surface area contributed by atoms with Crippen molar-refractivity contribution in [3.8, 4) is 5.75 Å². The first-order chi connectivity index (χ1) is 46.1. The lowest BCUT2D eigenvalue weighted by atomic mass is 9.92. The molecule has 6 aliphatic rings. The summed E-state index contributed by atoms with van der Waals surface area (Å²) in [4.78, 5) is 109. The van der Waals surface area contributed by atoms with E-state index < -0.39 is 246 Å². The smallest absolute Gasteiger partial charge is 0.246 e. The van der Waals surface area contributed by atoms with Gasteiger partial charge < -0.3 is 149 Å². The van der Waals surface area contributed by atoms with Crippen LogP contribution in [0, 0.1) is 5.92 Å². The maximum absolute atomic E-state index is 15.2. The third-order valence-corrected chi connectivity index (χ3v) is 17.5. The lowest BCUT2D eigenvalue weighted by Crippen LogP contribution is -2.70. The minimum Gasteiger partial charge on any atom is -0.462 e. The zero-order valence-electron chi connectivity index (χ0n) is 52.8. The summed E-state index contributed by atoms with van der Waals surface area (Å²) in [5.41, 5.74) is 12.8. The molecule has 2 aromatic carbocycles. The molecule has 0 spiro atoms. The Balaban J connectivity index is 1.08. The number of hydrogen-bond donors (Lipinski definition) is 23. The van der Waals surface area contributed by atoms with Crippen LogP contribution in [0.15, 0.2) is 64.6 Å². The van der Waals surface area contributed by atoms with Gasteiger partial charge in [0.1, 0.15) is 115 Å². The van der Waals surface area contributed by atoms with Gasteiger partial charge in [0.2, 0.25) is 47.6 Å². The normalized spacial score (nSPS) is 35.9. The maximum Gasteiger partial charge on any atom is 0.246 e. The molecule has 0 bridgehead atoms. The van der Waals surface area contributed by atoms with Gasteiger partial charge in [0.25, 0.3) is 0 Å². The van der Waals surface area contributed by atoms with Crippen molar-refractivity contribution in [2.24, 2.45) is 27.4 Å². The molecule has 7 amide bonds. The number of amides is 7. The highest BCUT2D eigenvalue weighted by molar-refractivity contribution is 5.98. The second kappa shape index (κ2) is 33.3. The fraction of sp³-hybridized carbons (Fsp3) is 0.644. The number of nitrogens with one attached hydrogen (secondary N) is 8. The van der Waals surface area contributed by atoms with E-state index in [1.807, 2.05) is 0 Å². The number of carbonyl (C=O) groups is 7. The Morgan fingerprint density at radius 1 is 0.619 bits per heavy atom. The van der Waals surface area contributed by atoms with Crippen molar-refractivity contribution in [1.82, 2.24) is 47.4 Å². The van der Waals surface area contributed by atoms with Crippen LogP contribution in [0.1, 0.15) is 44.2 Å². The first kappa shape index (κ1) is 75.2. The van der Waals surface area contributed by atoms with E-state index >= 15 is 9.59 Å². The summed E-state index contributed by atoms with van der Waals surface area (Å²) in [6.07, 6.45) is -29.8. The summed E-state index contributed by atoms with van der Waals surface area (Å²) in [5.74, 6) is -9.61. The number of rotatable bonds is 20. The molecular formula is C59H87N13O25. The molecule has 97 heavy (non-hydrogen) atoms. The molecule has 38 nitrogen and oxygen atoms in total. The van der Waals surface area contributed by atoms with Gasteiger partial charge in [-0.3, -0.25) is 43.5 Å². The van der Waals surface area contributed by atoms with Crippen molar-refractivity contribution in [3.63, 3.8) is 0 Å². The first-order valence-corrected chi connectivity index (χ1v) is 31.3. The molecule has 538 valence electrons. The number of ether oxygens (including phenoxy) is 5. The van der Waals surface area contributed by atoms with Crippen molar-refractivity contribution in [1.29, 1.82) is 0 Å². The second-order valence-corrected chi connectivity index (χ2v) is 24.8. The highest BCUT2D eigenvalue weighted by Gasteiger charge is 2.54. The molecule has 8 rings (SSSR count). The zero-order valence-corrected chi connectivity index (χ0v) is 52.8. The van der Waals surface area contributed by atoms with Crippen LogP contribution in [0.4, 0.5) is 0 Å². The van der Waals surface area contributed by atoms with E-state index in [9.17, 15) is 90.4 Å². The zero-order chi connectivity index (χ0) is 70.9. The number of aliphatic imine (C=N–C) groups is 2. The highest BCUT2D eigenvalue weighted by atomic mass is 16.7. The van der Waals surface area contributed by atoms with Gasteiger partial charge in [-0.1, -0.05) is 63.2 Å². The van der Waals surface area contributed by atoms with Crippen LogP contribution in [0.3, 0.4) is 0 Å². The van der Waals surface area contributed by atoms with Gasteiger partial charge in [-0.05, 0) is 29.2 Å². The van der Waals surface area contributed by atoms with Crippen LogP contribution >= 0.6 is 0 Å². The predicted octanol–water partition coefficient (Wildman–Crippen LogP) is -12.4. The Hall–Kier alpha value is -7.61. The Morgan fingerprint density at radius 2 is 1.23 bits per heavy atom. The standard InChI is InChI=1S/C59H87N13O25/c1-22(2)13-34(77)68-37-31(19-74)95-57(47(86)43(37)82)97-49-33(21-76)96-56(48(87)45(49)84)93-26-11-9-24(10-12-26)14-27-51(89)70-38(40(79)28-15-63-58(60)67-28)54(92)71-39(41(80)30-16-64-59(61)72(30)55-46(85)44(83)42(81)32(20-75)94-55)53(91)66-29(18-73)50(88)62-17-35(78)69-36(52(90)65-27)23(3)25-7-5-4-6-8-25/h4-12,22-23,27-33,36-49,55-57,73-76,79-87H,13-21H2,1-3H3,(H2,61,64)(H,62,88)(H,65,90)(H,66,91)(H,68,77)(H,69,78)(H,70,89)(H,71,92)(H3,60,63,67)/t23-,27+,28-,29-,30-,31+,32+,33+,36-,37+,38-,39+,40+,41-,42+,43-,44-,45+,46-,47-,48-,49+,55-,56-,57+/m0/s1. The molecule has 25 N–H and O–H groups in total. The van der Waals surface area contributed by atoms with E-state index in [2.05, 4.69) is 52.5 Å². The van der Waals surface area contributed by atoms with Crippen molar-refractivity contribution in [2.45, 2.75) is 186 Å². The topological polar surface area (TPSA) is 605 Å². The van der Waals surface area contributed by atoms with Gasteiger partial charge in [0.15, 0.2) is 24.4 Å². The van der Waals surface area contributed by atoms with E-state index in [1.165, 1.54) is 24.3 Å². The molecular weight excluding hydrogens is 1290 g/mol. The molecule has 0 saturated carbocycles. The summed E-state index contributed by atoms with van der Waals surface area (Å²) in [6.45, 7) is -0.392. The number of nitrogens with two attached hydrogens (primary N) is 2. The number of carbonyl (C=O) groups excluding carboxylic acids is 7. The van der Waals surface area contributed by atoms with Gasteiger partial charge in [-0.25, -0.2) is 0 Å². The molecule has 38 heteroatoms. The molecule has 0 aromatic heterocycles. The number of hydrogen-bond acceptors (Lipinski definition) is 31. The number of aliphatic hydroxyl groups excluding tert-OH is 13. The maximum atomic E-state index is 15.2. The fourth-order valence-electron chi connectivity index (χ4n) is 12.0. The third kappa shape index (κ3) is 17.6. The van der Waals surface area contributed by atoms with E-state index in [1.54, 1.807) is 51.1 Å². The minimum absolute atomic E-state index is 0.0508. The molecule has 25 atom stereocenters. The summed E-state index contributed by atoms with van der Waals surface area (Å²) in [7, 11) is 0. The largest absolute Gasteiger partial charge is 0.462 e. The van der Waals surface area contributed by atoms with Crippen molar-refractivity contribution in [2.75, 3.05) is 46.1 Å². The van der Waals surface area contributed by atoms with Crippen molar-refractivity contribution in [3.05, 3.63) is 65.7 Å². The van der Waals surface area contributed by atoms with Crippen LogP contribution in [-0.2, 0) is 58.9 Å². The molecule has 6 aliphatic heterocycles. The van der Waals surface area contributed by atoms with Crippen LogP contribution in [0.2, 0.25) is 0 Å². The SMILES string of the molecule is CC(C)CC(=O)N[C@H]1[C@H](O)[C@H](O)[C@@H](O[C@H]2[C@H](O)[C@H](O)[C@@H](Oc3ccc(C[C@H]4NC(=O)[C@H]([C@@H](C)c5ccccc5)NC(=O)CNC(=O)[C@H](CO)NC(=O)[C@@H]([C@@H](O)[C@@H]5CN=C(N)N5[C@H]5O[C@H](CO)[C@@H](O)[C@H](O)[C@@H]5O)NC(=O)[C@H]([C@H](O)[C@@H]5CN=C(N)N5)NC4=O)cc3)O[C@@H]2CO)O[C@@H]1CO. The van der Waals surface area contributed by atoms with E-state index in [-0.39, 0.29) is 36.2 Å². The lowest BCUT2D eigenvalue weighted by Gasteiger charge is -2.46. The van der Waals surface area contributed by atoms with Crippen molar-refractivity contribution >= 4 is 53.3 Å². The number of guanidine groups is 2. The summed E-state index contributed by atoms with van der Waals surface area (Å²) >= 11 is 0. The van der Waals surface area contributed by atoms with Gasteiger partial charge >= 0.3 is 0 Å². The van der Waals surface area contributed by atoms with Gasteiger partial charge in [-0.15, -0.1) is 0 Å². The summed E-state index contributed by atoms with van der Waals surface area (Å²) in [5, 5.41) is 162. The molecule has 6 heterocycles. The number of nitrogens with zero attached hydrogens (tertiary/aromatic N) is 3.